The van der Waals surface area contributed by atoms with E-state index in [1.54, 1.807) is 23.7 Å². The first-order chi connectivity index (χ1) is 9.81. The van der Waals surface area contributed by atoms with Crippen LogP contribution in [0.1, 0.15) is 42.8 Å². The van der Waals surface area contributed by atoms with Gasteiger partial charge in [0.15, 0.2) is 0 Å². The highest BCUT2D eigenvalue weighted by Gasteiger charge is 2.18. The molecular formula is C15H20N2O2S. The van der Waals surface area contributed by atoms with Crippen LogP contribution in [0.2, 0.25) is 0 Å². The fourth-order valence-corrected chi connectivity index (χ4v) is 3.74. The van der Waals surface area contributed by atoms with Crippen LogP contribution in [0.25, 0.3) is 10.2 Å². The number of hydrogen-bond acceptors (Lipinski definition) is 5. The standard InChI is InChI=1S/C12H14N2S.C3H6O2/c1-2-9-11-8-5-3-4-6-10(8)15-12(11)14-7-13-9;1-2-5-3-4/h7H,2-6H2,1H3;3H,2H2,1H3. The maximum atomic E-state index is 9.18. The molecule has 0 aromatic carbocycles. The smallest absolute Gasteiger partial charge is 0.293 e. The van der Waals surface area contributed by atoms with E-state index in [4.69, 9.17) is 0 Å². The van der Waals surface area contributed by atoms with Crippen molar-refractivity contribution in [1.29, 1.82) is 0 Å². The number of hydrogen-bond donors (Lipinski definition) is 0. The molecule has 0 aliphatic heterocycles. The van der Waals surface area contributed by atoms with E-state index < -0.39 is 0 Å². The molecule has 1 aliphatic rings. The Hall–Kier alpha value is -1.49. The predicted octanol–water partition coefficient (Wildman–Crippen LogP) is 3.31. The molecule has 0 unspecified atom stereocenters. The van der Waals surface area contributed by atoms with E-state index in [9.17, 15) is 4.79 Å². The van der Waals surface area contributed by atoms with Crippen LogP contribution in [0.5, 0.6) is 0 Å². The first-order valence-corrected chi connectivity index (χ1v) is 7.92. The summed E-state index contributed by atoms with van der Waals surface area (Å²) in [6, 6.07) is 0. The van der Waals surface area contributed by atoms with Gasteiger partial charge in [-0.15, -0.1) is 11.3 Å². The fraction of sp³-hybridized carbons (Fsp3) is 0.533. The summed E-state index contributed by atoms with van der Waals surface area (Å²) in [5.74, 6) is 0. The molecular weight excluding hydrogens is 272 g/mol. The zero-order valence-electron chi connectivity index (χ0n) is 12.0. The lowest BCUT2D eigenvalue weighted by Gasteiger charge is -2.10. The maximum Gasteiger partial charge on any atom is 0.293 e. The Balaban J connectivity index is 0.000000257. The number of rotatable bonds is 3. The van der Waals surface area contributed by atoms with Gasteiger partial charge in [-0.25, -0.2) is 9.97 Å². The molecule has 1 aliphatic carbocycles. The van der Waals surface area contributed by atoms with Crippen LogP contribution >= 0.6 is 11.3 Å². The lowest BCUT2D eigenvalue weighted by atomic mass is 9.96. The number of thiophene rings is 1. The summed E-state index contributed by atoms with van der Waals surface area (Å²) in [6.45, 7) is 4.84. The largest absolute Gasteiger partial charge is 0.468 e. The molecule has 0 atom stereocenters. The van der Waals surface area contributed by atoms with E-state index in [1.165, 1.54) is 41.6 Å². The molecule has 0 spiro atoms. The van der Waals surface area contributed by atoms with Crippen LogP contribution in [0.15, 0.2) is 6.33 Å². The third-order valence-corrected chi connectivity index (χ3v) is 4.60. The van der Waals surface area contributed by atoms with Gasteiger partial charge in [-0.3, -0.25) is 4.79 Å². The molecule has 0 fully saturated rings. The van der Waals surface area contributed by atoms with E-state index in [0.717, 1.165) is 6.42 Å². The summed E-state index contributed by atoms with van der Waals surface area (Å²) >= 11 is 1.88. The first-order valence-electron chi connectivity index (χ1n) is 7.11. The Morgan fingerprint density at radius 2 is 2.10 bits per heavy atom. The normalized spacial score (nSPS) is 13.3. The highest BCUT2D eigenvalue weighted by atomic mass is 32.1. The molecule has 0 saturated carbocycles. The van der Waals surface area contributed by atoms with Crippen LogP contribution in [0.4, 0.5) is 0 Å². The average Bonchev–Trinajstić information content (AvgIpc) is 2.87. The van der Waals surface area contributed by atoms with Gasteiger partial charge in [-0.05, 0) is 44.6 Å². The van der Waals surface area contributed by atoms with E-state index in [2.05, 4.69) is 21.6 Å². The molecule has 2 aromatic heterocycles. The molecule has 0 bridgehead atoms. The molecule has 3 rings (SSSR count). The fourth-order valence-electron chi connectivity index (χ4n) is 2.49. The second-order valence-corrected chi connectivity index (χ2v) is 5.70. The van der Waals surface area contributed by atoms with Crippen LogP contribution in [0.3, 0.4) is 0 Å². The van der Waals surface area contributed by atoms with Crippen molar-refractivity contribution in [1.82, 2.24) is 9.97 Å². The Morgan fingerprint density at radius 3 is 2.75 bits per heavy atom. The minimum atomic E-state index is 0.431. The summed E-state index contributed by atoms with van der Waals surface area (Å²) in [7, 11) is 0. The Kier molecular flexibility index (Phi) is 5.47. The summed E-state index contributed by atoms with van der Waals surface area (Å²) in [6.07, 6.45) is 7.88. The number of fused-ring (bicyclic) bond motifs is 3. The van der Waals surface area contributed by atoms with E-state index in [-0.39, 0.29) is 0 Å². The molecule has 108 valence electrons. The van der Waals surface area contributed by atoms with Gasteiger partial charge in [0.05, 0.1) is 12.3 Å². The van der Waals surface area contributed by atoms with Crippen molar-refractivity contribution >= 4 is 28.0 Å². The highest BCUT2D eigenvalue weighted by molar-refractivity contribution is 7.18. The van der Waals surface area contributed by atoms with Gasteiger partial charge in [-0.1, -0.05) is 6.92 Å². The van der Waals surface area contributed by atoms with Crippen molar-refractivity contribution in [2.45, 2.75) is 46.0 Å². The SMILES string of the molecule is CCOC=O.CCc1ncnc2sc3c(c12)CCCC3. The van der Waals surface area contributed by atoms with Crippen molar-refractivity contribution in [2.75, 3.05) is 6.61 Å². The van der Waals surface area contributed by atoms with Crippen molar-refractivity contribution in [3.8, 4) is 0 Å². The molecule has 0 radical (unpaired) electrons. The van der Waals surface area contributed by atoms with Gasteiger partial charge >= 0.3 is 0 Å². The number of carbonyl (C=O) groups is 1. The zero-order valence-corrected chi connectivity index (χ0v) is 12.8. The highest BCUT2D eigenvalue weighted by Crippen LogP contribution is 2.36. The molecule has 0 amide bonds. The predicted molar refractivity (Wildman–Crippen MR) is 81.1 cm³/mol. The minimum Gasteiger partial charge on any atom is -0.468 e. The third-order valence-electron chi connectivity index (χ3n) is 3.40. The van der Waals surface area contributed by atoms with Gasteiger partial charge in [0.2, 0.25) is 0 Å². The van der Waals surface area contributed by atoms with Crippen LogP contribution in [-0.4, -0.2) is 23.0 Å². The topological polar surface area (TPSA) is 52.1 Å². The Bertz CT molecular complexity index is 581. The number of aromatic nitrogens is 2. The molecule has 4 nitrogen and oxygen atoms in total. The number of aryl methyl sites for hydroxylation is 3. The lowest BCUT2D eigenvalue weighted by Crippen LogP contribution is -1.99. The van der Waals surface area contributed by atoms with E-state index in [1.807, 2.05) is 11.3 Å². The Morgan fingerprint density at radius 1 is 1.30 bits per heavy atom. The zero-order chi connectivity index (χ0) is 14.4. The van der Waals surface area contributed by atoms with Gasteiger partial charge in [0, 0.05) is 10.3 Å². The van der Waals surface area contributed by atoms with Crippen molar-refractivity contribution in [2.24, 2.45) is 0 Å². The number of nitrogens with zero attached hydrogens (tertiary/aromatic N) is 2. The molecule has 0 saturated heterocycles. The van der Waals surface area contributed by atoms with E-state index in [0.29, 0.717) is 13.1 Å². The molecule has 20 heavy (non-hydrogen) atoms. The number of carbonyl (C=O) groups excluding carboxylic acids is 1. The monoisotopic (exact) mass is 292 g/mol. The number of ether oxygens (including phenoxy) is 1. The molecule has 5 heteroatoms. The average molecular weight is 292 g/mol. The van der Waals surface area contributed by atoms with Crippen molar-refractivity contribution < 1.29 is 9.53 Å². The summed E-state index contributed by atoms with van der Waals surface area (Å²) in [5, 5.41) is 1.37. The minimum absolute atomic E-state index is 0.431. The second kappa shape index (κ2) is 7.33. The van der Waals surface area contributed by atoms with Crippen LogP contribution in [-0.2, 0) is 28.8 Å². The molecule has 0 N–H and O–H groups in total. The first kappa shape index (κ1) is 14.9. The second-order valence-electron chi connectivity index (χ2n) is 4.62. The molecule has 2 aromatic rings. The summed E-state index contributed by atoms with van der Waals surface area (Å²) in [4.78, 5) is 20.8. The van der Waals surface area contributed by atoms with Crippen molar-refractivity contribution in [3.05, 3.63) is 22.5 Å². The van der Waals surface area contributed by atoms with Gasteiger partial charge in [0.25, 0.3) is 6.47 Å². The van der Waals surface area contributed by atoms with E-state index >= 15 is 0 Å². The summed E-state index contributed by atoms with van der Waals surface area (Å²) < 4.78 is 4.15. The van der Waals surface area contributed by atoms with Crippen molar-refractivity contribution in [3.63, 3.8) is 0 Å². The van der Waals surface area contributed by atoms with Gasteiger partial charge in [-0.2, -0.15) is 0 Å². The van der Waals surface area contributed by atoms with Crippen LogP contribution in [0, 0.1) is 0 Å². The van der Waals surface area contributed by atoms with Gasteiger partial charge in [0.1, 0.15) is 11.2 Å². The molecule has 2 heterocycles. The summed E-state index contributed by atoms with van der Waals surface area (Å²) in [5.41, 5.74) is 2.79. The van der Waals surface area contributed by atoms with Crippen LogP contribution < -0.4 is 0 Å². The lowest BCUT2D eigenvalue weighted by molar-refractivity contribution is -0.128. The van der Waals surface area contributed by atoms with Gasteiger partial charge < -0.3 is 4.74 Å². The third kappa shape index (κ3) is 3.15. The maximum absolute atomic E-state index is 9.18. The Labute approximate surface area is 123 Å². The quantitative estimate of drug-likeness (QED) is 0.814.